The van der Waals surface area contributed by atoms with E-state index in [-0.39, 0.29) is 17.0 Å². The summed E-state index contributed by atoms with van der Waals surface area (Å²) in [6.07, 6.45) is 0. The molecule has 132 valence electrons. The average molecular weight is 363 g/mol. The van der Waals surface area contributed by atoms with Crippen LogP contribution in [0.25, 0.3) is 0 Å². The standard InChI is InChI=1S/C16H17N3O5S/c1-8-4-5-12(11(6-8)19(22)23)24-7-13(20)18-16-14(15(17)21)9(2)10(3)25-16/h4-6H,7H2,1-3H3,(H2,17,21)(H,18,20). The highest BCUT2D eigenvalue weighted by Gasteiger charge is 2.20. The molecular formula is C16H17N3O5S. The molecule has 1 aromatic heterocycles. The fourth-order valence-corrected chi connectivity index (χ4v) is 3.29. The predicted octanol–water partition coefficient (Wildman–Crippen LogP) is 2.70. The lowest BCUT2D eigenvalue weighted by Crippen LogP contribution is -2.22. The van der Waals surface area contributed by atoms with Gasteiger partial charge in [0, 0.05) is 10.9 Å². The van der Waals surface area contributed by atoms with Crippen LogP contribution >= 0.6 is 11.3 Å². The first-order valence-electron chi connectivity index (χ1n) is 7.28. The van der Waals surface area contributed by atoms with Crippen molar-refractivity contribution in [2.75, 3.05) is 11.9 Å². The van der Waals surface area contributed by atoms with Gasteiger partial charge in [0.05, 0.1) is 10.5 Å². The molecule has 0 fully saturated rings. The normalized spacial score (nSPS) is 10.4. The van der Waals surface area contributed by atoms with Crippen LogP contribution in [-0.4, -0.2) is 23.3 Å². The molecule has 2 amide bonds. The monoisotopic (exact) mass is 363 g/mol. The first kappa shape index (κ1) is 18.4. The quantitative estimate of drug-likeness (QED) is 0.603. The summed E-state index contributed by atoms with van der Waals surface area (Å²) in [5.41, 5.74) is 6.81. The molecule has 1 aromatic carbocycles. The van der Waals surface area contributed by atoms with Crippen LogP contribution in [0.4, 0.5) is 10.7 Å². The molecule has 0 atom stereocenters. The van der Waals surface area contributed by atoms with Gasteiger partial charge in [-0.1, -0.05) is 6.07 Å². The van der Waals surface area contributed by atoms with Gasteiger partial charge in [-0.25, -0.2) is 0 Å². The average Bonchev–Trinajstić information content (AvgIpc) is 2.80. The maximum Gasteiger partial charge on any atom is 0.311 e. The SMILES string of the molecule is Cc1ccc(OCC(=O)Nc2sc(C)c(C)c2C(N)=O)c([N+](=O)[O-])c1. The zero-order valence-electron chi connectivity index (χ0n) is 13.9. The Morgan fingerprint density at radius 2 is 2.00 bits per heavy atom. The number of nitro groups is 1. The summed E-state index contributed by atoms with van der Waals surface area (Å²) < 4.78 is 5.26. The highest BCUT2D eigenvalue weighted by Crippen LogP contribution is 2.32. The summed E-state index contributed by atoms with van der Waals surface area (Å²) in [5, 5.41) is 14.0. The van der Waals surface area contributed by atoms with Gasteiger partial charge in [-0.2, -0.15) is 0 Å². The molecule has 0 spiro atoms. The Hall–Kier alpha value is -2.94. The molecule has 0 unspecified atom stereocenters. The zero-order valence-corrected chi connectivity index (χ0v) is 14.7. The lowest BCUT2D eigenvalue weighted by Gasteiger charge is -2.08. The number of nitro benzene ring substituents is 1. The van der Waals surface area contributed by atoms with Crippen molar-refractivity contribution in [1.82, 2.24) is 0 Å². The van der Waals surface area contributed by atoms with Crippen molar-refractivity contribution in [3.8, 4) is 5.75 Å². The molecule has 0 aliphatic heterocycles. The van der Waals surface area contributed by atoms with Crippen LogP contribution in [0, 0.1) is 30.9 Å². The second-order valence-electron chi connectivity index (χ2n) is 5.42. The van der Waals surface area contributed by atoms with Gasteiger partial charge in [0.2, 0.25) is 0 Å². The molecule has 0 saturated carbocycles. The van der Waals surface area contributed by atoms with Gasteiger partial charge in [-0.15, -0.1) is 11.3 Å². The number of anilines is 1. The van der Waals surface area contributed by atoms with Crippen molar-refractivity contribution in [2.45, 2.75) is 20.8 Å². The van der Waals surface area contributed by atoms with Crippen molar-refractivity contribution in [3.05, 3.63) is 49.9 Å². The van der Waals surface area contributed by atoms with Crippen molar-refractivity contribution in [1.29, 1.82) is 0 Å². The molecule has 0 bridgehead atoms. The van der Waals surface area contributed by atoms with E-state index < -0.39 is 23.3 Å². The number of amides is 2. The molecule has 2 aromatic rings. The Kier molecular flexibility index (Phi) is 5.38. The molecule has 0 saturated heterocycles. The minimum atomic E-state index is -0.632. The molecule has 8 nitrogen and oxygen atoms in total. The number of nitrogens with zero attached hydrogens (tertiary/aromatic N) is 1. The van der Waals surface area contributed by atoms with E-state index in [9.17, 15) is 19.7 Å². The van der Waals surface area contributed by atoms with Gasteiger partial charge in [0.25, 0.3) is 11.8 Å². The summed E-state index contributed by atoms with van der Waals surface area (Å²) in [7, 11) is 0. The van der Waals surface area contributed by atoms with Crippen molar-refractivity contribution in [2.24, 2.45) is 5.73 Å². The van der Waals surface area contributed by atoms with Gasteiger partial charge in [-0.05, 0) is 38.0 Å². The van der Waals surface area contributed by atoms with Gasteiger partial charge >= 0.3 is 5.69 Å². The van der Waals surface area contributed by atoms with E-state index in [1.807, 2.05) is 6.92 Å². The van der Waals surface area contributed by atoms with Gasteiger partial charge in [0.1, 0.15) is 5.00 Å². The number of primary amides is 1. The fourth-order valence-electron chi connectivity index (χ4n) is 2.21. The van der Waals surface area contributed by atoms with Crippen LogP contribution in [0.2, 0.25) is 0 Å². The highest BCUT2D eigenvalue weighted by atomic mass is 32.1. The summed E-state index contributed by atoms with van der Waals surface area (Å²) in [6, 6.07) is 4.46. The highest BCUT2D eigenvalue weighted by molar-refractivity contribution is 7.16. The molecule has 0 aliphatic carbocycles. The van der Waals surface area contributed by atoms with Gasteiger partial charge < -0.3 is 15.8 Å². The number of thiophene rings is 1. The number of rotatable bonds is 6. The third-order valence-corrected chi connectivity index (χ3v) is 4.68. The number of nitrogens with two attached hydrogens (primary N) is 1. The van der Waals surface area contributed by atoms with Crippen LogP contribution in [0.15, 0.2) is 18.2 Å². The Bertz CT molecular complexity index is 860. The summed E-state index contributed by atoms with van der Waals surface area (Å²) in [6.45, 7) is 4.84. The van der Waals surface area contributed by atoms with E-state index in [1.54, 1.807) is 19.9 Å². The van der Waals surface area contributed by atoms with Crippen molar-refractivity contribution >= 4 is 33.8 Å². The van der Waals surface area contributed by atoms with E-state index in [0.29, 0.717) is 16.1 Å². The van der Waals surface area contributed by atoms with E-state index >= 15 is 0 Å². The largest absolute Gasteiger partial charge is 0.477 e. The Balaban J connectivity index is 2.11. The number of aryl methyl sites for hydroxylation is 2. The minimum absolute atomic E-state index is 0.000541. The Labute approximate surface area is 147 Å². The number of carbonyl (C=O) groups excluding carboxylic acids is 2. The van der Waals surface area contributed by atoms with Crippen LogP contribution < -0.4 is 15.8 Å². The second-order valence-corrected chi connectivity index (χ2v) is 6.64. The van der Waals surface area contributed by atoms with Crippen LogP contribution in [0.1, 0.15) is 26.4 Å². The molecule has 9 heteroatoms. The maximum atomic E-state index is 12.1. The number of nitrogens with one attached hydrogen (secondary N) is 1. The summed E-state index contributed by atoms with van der Waals surface area (Å²) in [5.74, 6) is -1.18. The smallest absolute Gasteiger partial charge is 0.311 e. The number of hydrogen-bond donors (Lipinski definition) is 2. The van der Waals surface area contributed by atoms with E-state index in [4.69, 9.17) is 10.5 Å². The van der Waals surface area contributed by atoms with Crippen LogP contribution in [0.5, 0.6) is 5.75 Å². The minimum Gasteiger partial charge on any atom is -0.477 e. The van der Waals surface area contributed by atoms with Crippen molar-refractivity contribution in [3.63, 3.8) is 0 Å². The molecule has 0 aliphatic rings. The molecule has 25 heavy (non-hydrogen) atoms. The van der Waals surface area contributed by atoms with Crippen molar-refractivity contribution < 1.29 is 19.2 Å². The maximum absolute atomic E-state index is 12.1. The lowest BCUT2D eigenvalue weighted by atomic mass is 10.1. The van der Waals surface area contributed by atoms with Gasteiger partial charge in [-0.3, -0.25) is 19.7 Å². The number of ether oxygens (including phenoxy) is 1. The first-order chi connectivity index (χ1) is 11.7. The Morgan fingerprint density at radius 3 is 2.60 bits per heavy atom. The van der Waals surface area contributed by atoms with E-state index in [2.05, 4.69) is 5.32 Å². The molecule has 1 heterocycles. The fraction of sp³-hybridized carbons (Fsp3) is 0.250. The topological polar surface area (TPSA) is 125 Å². The van der Waals surface area contributed by atoms with E-state index in [1.165, 1.54) is 23.5 Å². The van der Waals surface area contributed by atoms with E-state index in [0.717, 1.165) is 4.88 Å². The predicted molar refractivity (Wildman–Crippen MR) is 94.3 cm³/mol. The number of carbonyl (C=O) groups is 2. The second kappa shape index (κ2) is 7.31. The van der Waals surface area contributed by atoms with Gasteiger partial charge in [0.15, 0.2) is 12.4 Å². The third-order valence-electron chi connectivity index (χ3n) is 3.55. The molecule has 0 radical (unpaired) electrons. The van der Waals surface area contributed by atoms with Crippen LogP contribution in [0.3, 0.4) is 0 Å². The molecule has 3 N–H and O–H groups in total. The lowest BCUT2D eigenvalue weighted by molar-refractivity contribution is -0.385. The first-order valence-corrected chi connectivity index (χ1v) is 8.09. The molecule has 2 rings (SSSR count). The third kappa shape index (κ3) is 4.13. The zero-order chi connectivity index (χ0) is 18.7. The number of hydrogen-bond acceptors (Lipinski definition) is 6. The molecular weight excluding hydrogens is 346 g/mol. The number of benzene rings is 1. The summed E-state index contributed by atoms with van der Waals surface area (Å²) >= 11 is 1.23. The Morgan fingerprint density at radius 1 is 1.32 bits per heavy atom. The van der Waals surface area contributed by atoms with Crippen LogP contribution in [-0.2, 0) is 4.79 Å². The summed E-state index contributed by atoms with van der Waals surface area (Å²) in [4.78, 5) is 35.0.